The molecule has 1 aromatic heterocycles. The van der Waals surface area contributed by atoms with Crippen LogP contribution in [0.3, 0.4) is 0 Å². The van der Waals surface area contributed by atoms with E-state index in [4.69, 9.17) is 14.2 Å². The highest BCUT2D eigenvalue weighted by Crippen LogP contribution is 2.39. The summed E-state index contributed by atoms with van der Waals surface area (Å²) in [6.07, 6.45) is 1.76. The van der Waals surface area contributed by atoms with Gasteiger partial charge in [0.2, 0.25) is 5.75 Å². The monoisotopic (exact) mass is 352 g/mol. The van der Waals surface area contributed by atoms with E-state index in [2.05, 4.69) is 26.2 Å². The molecule has 1 heterocycles. The molecule has 0 fully saturated rings. The van der Waals surface area contributed by atoms with Crippen molar-refractivity contribution in [3.05, 3.63) is 40.6 Å². The first-order valence-corrected chi connectivity index (χ1v) is 7.12. The third-order valence-corrected chi connectivity index (χ3v) is 3.47. The number of hydrogen-bond donors (Lipinski definition) is 1. The fraction of sp³-hybridized carbons (Fsp3) is 0.267. The zero-order valence-electron chi connectivity index (χ0n) is 12.1. The molecule has 0 aliphatic heterocycles. The van der Waals surface area contributed by atoms with Crippen LogP contribution in [0.1, 0.15) is 5.56 Å². The molecule has 2 rings (SSSR count). The number of nitrogens with zero attached hydrogens (tertiary/aromatic N) is 1. The van der Waals surface area contributed by atoms with Gasteiger partial charge in [0.25, 0.3) is 0 Å². The first-order chi connectivity index (χ1) is 10.2. The van der Waals surface area contributed by atoms with Gasteiger partial charge in [-0.2, -0.15) is 0 Å². The van der Waals surface area contributed by atoms with Gasteiger partial charge in [-0.15, -0.1) is 0 Å². The van der Waals surface area contributed by atoms with Crippen LogP contribution in [0.5, 0.6) is 17.2 Å². The zero-order chi connectivity index (χ0) is 15.2. The third-order valence-electron chi connectivity index (χ3n) is 3.00. The molecule has 0 bridgehead atoms. The maximum atomic E-state index is 5.45. The molecule has 6 heteroatoms. The van der Waals surface area contributed by atoms with Crippen LogP contribution in [0.15, 0.2) is 35.1 Å². The Labute approximate surface area is 132 Å². The van der Waals surface area contributed by atoms with Crippen LogP contribution in [-0.4, -0.2) is 26.3 Å². The van der Waals surface area contributed by atoms with Crippen molar-refractivity contribution in [1.82, 2.24) is 4.98 Å². The van der Waals surface area contributed by atoms with Gasteiger partial charge in [-0.05, 0) is 40.2 Å². The van der Waals surface area contributed by atoms with E-state index in [0.29, 0.717) is 23.8 Å². The summed E-state index contributed by atoms with van der Waals surface area (Å²) in [6, 6.07) is 7.64. The number of methoxy groups -OCH3 is 3. The van der Waals surface area contributed by atoms with Crippen molar-refractivity contribution >= 4 is 21.6 Å². The normalized spacial score (nSPS) is 10.1. The Morgan fingerprint density at radius 2 is 1.76 bits per heavy atom. The molecule has 1 N–H and O–H groups in total. The van der Waals surface area contributed by atoms with E-state index in [1.807, 2.05) is 24.3 Å². The van der Waals surface area contributed by atoms with Crippen molar-refractivity contribution in [2.45, 2.75) is 6.54 Å². The Morgan fingerprint density at radius 1 is 1.00 bits per heavy atom. The molecule has 0 amide bonds. The SMILES string of the molecule is COc1ccc(CNc2ccc(Br)nc2)c(OC)c1OC. The quantitative estimate of drug-likeness (QED) is 0.806. The fourth-order valence-corrected chi connectivity index (χ4v) is 2.21. The lowest BCUT2D eigenvalue weighted by Gasteiger charge is -2.16. The molecule has 0 aliphatic carbocycles. The average Bonchev–Trinajstić information content (AvgIpc) is 2.53. The Balaban J connectivity index is 2.21. The number of ether oxygens (including phenoxy) is 3. The summed E-state index contributed by atoms with van der Waals surface area (Å²) in [7, 11) is 4.81. The molecule has 0 atom stereocenters. The van der Waals surface area contributed by atoms with Crippen LogP contribution >= 0.6 is 15.9 Å². The van der Waals surface area contributed by atoms with Crippen molar-refractivity contribution in [1.29, 1.82) is 0 Å². The van der Waals surface area contributed by atoms with Crippen LogP contribution in [0, 0.1) is 0 Å². The number of anilines is 1. The summed E-state index contributed by atoms with van der Waals surface area (Å²) in [5.41, 5.74) is 1.90. The molecule has 0 radical (unpaired) electrons. The second-order valence-electron chi connectivity index (χ2n) is 4.22. The summed E-state index contributed by atoms with van der Waals surface area (Å²) in [5, 5.41) is 3.29. The predicted molar refractivity (Wildman–Crippen MR) is 85.4 cm³/mol. The lowest BCUT2D eigenvalue weighted by atomic mass is 10.1. The van der Waals surface area contributed by atoms with E-state index in [0.717, 1.165) is 15.9 Å². The number of nitrogens with one attached hydrogen (secondary N) is 1. The molecule has 21 heavy (non-hydrogen) atoms. The minimum atomic E-state index is 0.590. The number of pyridine rings is 1. The highest BCUT2D eigenvalue weighted by atomic mass is 79.9. The van der Waals surface area contributed by atoms with E-state index in [9.17, 15) is 0 Å². The van der Waals surface area contributed by atoms with E-state index in [1.54, 1.807) is 27.5 Å². The molecular formula is C15H17BrN2O3. The van der Waals surface area contributed by atoms with Gasteiger partial charge >= 0.3 is 0 Å². The van der Waals surface area contributed by atoms with Crippen molar-refractivity contribution in [3.63, 3.8) is 0 Å². The number of halogens is 1. The smallest absolute Gasteiger partial charge is 0.203 e. The molecule has 2 aromatic rings. The van der Waals surface area contributed by atoms with Gasteiger partial charge in [0.15, 0.2) is 11.5 Å². The second-order valence-corrected chi connectivity index (χ2v) is 5.03. The predicted octanol–water partition coefficient (Wildman–Crippen LogP) is 3.48. The molecule has 112 valence electrons. The van der Waals surface area contributed by atoms with E-state index in [-0.39, 0.29) is 0 Å². The standard InChI is InChI=1S/C15H17BrN2O3/c1-19-12-6-4-10(14(20-2)15(12)21-3)8-17-11-5-7-13(16)18-9-11/h4-7,9,17H,8H2,1-3H3. The van der Waals surface area contributed by atoms with Crippen LogP contribution in [0.4, 0.5) is 5.69 Å². The highest BCUT2D eigenvalue weighted by molar-refractivity contribution is 9.10. The van der Waals surface area contributed by atoms with Gasteiger partial charge in [-0.3, -0.25) is 0 Å². The Morgan fingerprint density at radius 3 is 2.33 bits per heavy atom. The summed E-state index contributed by atoms with van der Waals surface area (Å²) >= 11 is 3.31. The Kier molecular flexibility index (Phi) is 5.27. The van der Waals surface area contributed by atoms with Crippen LogP contribution in [0.2, 0.25) is 0 Å². The number of rotatable bonds is 6. The topological polar surface area (TPSA) is 52.6 Å². The van der Waals surface area contributed by atoms with Crippen molar-refractivity contribution < 1.29 is 14.2 Å². The Hall–Kier alpha value is -1.95. The van der Waals surface area contributed by atoms with Gasteiger partial charge < -0.3 is 19.5 Å². The van der Waals surface area contributed by atoms with Crippen molar-refractivity contribution in [2.75, 3.05) is 26.6 Å². The van der Waals surface area contributed by atoms with Crippen molar-refractivity contribution in [3.8, 4) is 17.2 Å². The fourth-order valence-electron chi connectivity index (χ4n) is 1.98. The van der Waals surface area contributed by atoms with E-state index >= 15 is 0 Å². The second kappa shape index (κ2) is 7.17. The number of hydrogen-bond acceptors (Lipinski definition) is 5. The van der Waals surface area contributed by atoms with Gasteiger partial charge in [0.1, 0.15) is 4.60 Å². The molecule has 5 nitrogen and oxygen atoms in total. The van der Waals surface area contributed by atoms with Gasteiger partial charge in [-0.1, -0.05) is 0 Å². The van der Waals surface area contributed by atoms with Crippen LogP contribution in [0.25, 0.3) is 0 Å². The third kappa shape index (κ3) is 3.58. The van der Waals surface area contributed by atoms with Gasteiger partial charge in [0, 0.05) is 12.1 Å². The molecular weight excluding hydrogens is 336 g/mol. The largest absolute Gasteiger partial charge is 0.493 e. The van der Waals surface area contributed by atoms with Gasteiger partial charge in [-0.25, -0.2) is 4.98 Å². The first kappa shape index (κ1) is 15.4. The summed E-state index contributed by atoms with van der Waals surface area (Å²) in [6.45, 7) is 0.590. The maximum absolute atomic E-state index is 5.45. The zero-order valence-corrected chi connectivity index (χ0v) is 13.7. The van der Waals surface area contributed by atoms with Gasteiger partial charge in [0.05, 0.1) is 33.2 Å². The average molecular weight is 353 g/mol. The minimum Gasteiger partial charge on any atom is -0.493 e. The molecule has 1 aromatic carbocycles. The minimum absolute atomic E-state index is 0.590. The molecule has 0 saturated carbocycles. The summed E-state index contributed by atoms with van der Waals surface area (Å²) in [4.78, 5) is 4.17. The van der Waals surface area contributed by atoms with Crippen LogP contribution < -0.4 is 19.5 Å². The lowest BCUT2D eigenvalue weighted by Crippen LogP contribution is -2.04. The number of benzene rings is 1. The highest BCUT2D eigenvalue weighted by Gasteiger charge is 2.15. The number of aromatic nitrogens is 1. The van der Waals surface area contributed by atoms with E-state index in [1.165, 1.54) is 0 Å². The van der Waals surface area contributed by atoms with Crippen LogP contribution in [-0.2, 0) is 6.54 Å². The van der Waals surface area contributed by atoms with E-state index < -0.39 is 0 Å². The molecule has 0 unspecified atom stereocenters. The van der Waals surface area contributed by atoms with Crippen molar-refractivity contribution in [2.24, 2.45) is 0 Å². The summed E-state index contributed by atoms with van der Waals surface area (Å²) in [5.74, 6) is 1.89. The molecule has 0 spiro atoms. The lowest BCUT2D eigenvalue weighted by molar-refractivity contribution is 0.322. The summed E-state index contributed by atoms with van der Waals surface area (Å²) < 4.78 is 16.9. The maximum Gasteiger partial charge on any atom is 0.203 e. The molecule has 0 aliphatic rings. The Bertz CT molecular complexity index is 603. The molecule has 0 saturated heterocycles. The first-order valence-electron chi connectivity index (χ1n) is 6.33.